The van der Waals surface area contributed by atoms with Crippen molar-refractivity contribution in [3.63, 3.8) is 0 Å². The van der Waals surface area contributed by atoms with Gasteiger partial charge in [-0.2, -0.15) is 0 Å². The molecule has 7 heteroatoms. The van der Waals surface area contributed by atoms with Crippen molar-refractivity contribution in [1.29, 1.82) is 0 Å². The number of rotatable bonds is 8. The zero-order chi connectivity index (χ0) is 18.1. The van der Waals surface area contributed by atoms with Gasteiger partial charge >= 0.3 is 5.97 Å². The topological polar surface area (TPSA) is 86.1 Å². The fraction of sp³-hybridized carbons (Fsp3) is 0.333. The molecule has 0 aliphatic heterocycles. The van der Waals surface area contributed by atoms with Crippen molar-refractivity contribution in [3.05, 3.63) is 53.9 Å². The Bertz CT molecular complexity index is 725. The summed E-state index contributed by atoms with van der Waals surface area (Å²) in [5.74, 6) is -0.908. The number of nitrogens with zero attached hydrogens (tertiary/aromatic N) is 3. The van der Waals surface area contributed by atoms with Gasteiger partial charge in [0.1, 0.15) is 5.69 Å². The largest absolute Gasteiger partial charge is 0.449 e. The monoisotopic (exact) mass is 342 g/mol. The average molecular weight is 342 g/mol. The summed E-state index contributed by atoms with van der Waals surface area (Å²) in [5, 5.41) is 10.7. The molecule has 0 aliphatic carbocycles. The molecule has 0 radical (unpaired) electrons. The molecule has 1 amide bonds. The second-order valence-electron chi connectivity index (χ2n) is 5.53. The molecule has 0 aliphatic rings. The van der Waals surface area contributed by atoms with Crippen LogP contribution < -0.4 is 5.32 Å². The Labute approximate surface area is 146 Å². The maximum Gasteiger partial charge on any atom is 0.331 e. The highest BCUT2D eigenvalue weighted by Gasteiger charge is 2.15. The van der Waals surface area contributed by atoms with Crippen LogP contribution in [0.15, 0.2) is 42.6 Å². The fourth-order valence-electron chi connectivity index (χ4n) is 2.05. The van der Waals surface area contributed by atoms with E-state index in [2.05, 4.69) is 15.6 Å². The first-order chi connectivity index (χ1) is 12.1. The summed E-state index contributed by atoms with van der Waals surface area (Å²) in [6.07, 6.45) is 4.46. The molecule has 1 heterocycles. The second-order valence-corrected chi connectivity index (χ2v) is 5.53. The van der Waals surface area contributed by atoms with Crippen LogP contribution in [0.25, 0.3) is 6.08 Å². The van der Waals surface area contributed by atoms with Crippen molar-refractivity contribution in [2.45, 2.75) is 32.9 Å². The molecule has 0 saturated carbocycles. The minimum atomic E-state index is -0.836. The van der Waals surface area contributed by atoms with E-state index in [-0.39, 0.29) is 5.91 Å². The Morgan fingerprint density at radius 1 is 1.32 bits per heavy atom. The summed E-state index contributed by atoms with van der Waals surface area (Å²) in [5.41, 5.74) is 1.64. The first-order valence-corrected chi connectivity index (χ1v) is 8.19. The van der Waals surface area contributed by atoms with Crippen LogP contribution >= 0.6 is 0 Å². The third kappa shape index (κ3) is 6.21. The molecule has 7 nitrogen and oxygen atoms in total. The van der Waals surface area contributed by atoms with Gasteiger partial charge in [-0.05, 0) is 25.0 Å². The number of carbonyl (C=O) groups excluding carboxylic acids is 2. The SMILES string of the molecule is CCCNC(=O)[C@@H](C)OC(=O)/C=C/c1cn(Cc2ccccc2)nn1. The van der Waals surface area contributed by atoms with E-state index in [0.717, 1.165) is 12.0 Å². The van der Waals surface area contributed by atoms with Crippen molar-refractivity contribution in [1.82, 2.24) is 20.3 Å². The molecule has 1 atom stereocenters. The number of hydrogen-bond donors (Lipinski definition) is 1. The van der Waals surface area contributed by atoms with Crippen LogP contribution in [-0.4, -0.2) is 39.5 Å². The standard InChI is InChI=1S/C18H22N4O3/c1-3-11-19-18(24)14(2)25-17(23)10-9-16-13-22(21-20-16)12-15-7-5-4-6-8-15/h4-10,13-14H,3,11-12H2,1-2H3,(H,19,24)/b10-9+/t14-/m1/s1. The third-order valence-electron chi connectivity index (χ3n) is 3.35. The highest BCUT2D eigenvalue weighted by atomic mass is 16.5. The van der Waals surface area contributed by atoms with Crippen LogP contribution in [0.5, 0.6) is 0 Å². The average Bonchev–Trinajstić information content (AvgIpc) is 3.06. The molecule has 25 heavy (non-hydrogen) atoms. The summed E-state index contributed by atoms with van der Waals surface area (Å²) >= 11 is 0. The smallest absolute Gasteiger partial charge is 0.331 e. The Hall–Kier alpha value is -2.96. The zero-order valence-electron chi connectivity index (χ0n) is 14.4. The Morgan fingerprint density at radius 3 is 2.80 bits per heavy atom. The molecule has 132 valence electrons. The van der Waals surface area contributed by atoms with Gasteiger partial charge in [0.2, 0.25) is 0 Å². The predicted octanol–water partition coefficient (Wildman–Crippen LogP) is 1.80. The van der Waals surface area contributed by atoms with E-state index in [4.69, 9.17) is 4.74 Å². The lowest BCUT2D eigenvalue weighted by Crippen LogP contribution is -2.35. The Balaban J connectivity index is 1.85. The molecular weight excluding hydrogens is 320 g/mol. The van der Waals surface area contributed by atoms with Gasteiger partial charge in [0.25, 0.3) is 5.91 Å². The molecular formula is C18H22N4O3. The van der Waals surface area contributed by atoms with E-state index >= 15 is 0 Å². The van der Waals surface area contributed by atoms with Gasteiger partial charge < -0.3 is 10.1 Å². The quantitative estimate of drug-likeness (QED) is 0.584. The molecule has 1 aromatic heterocycles. The molecule has 0 bridgehead atoms. The first kappa shape index (κ1) is 18.4. The predicted molar refractivity (Wildman–Crippen MR) is 93.5 cm³/mol. The summed E-state index contributed by atoms with van der Waals surface area (Å²) in [6.45, 7) is 4.64. The van der Waals surface area contributed by atoms with Crippen LogP contribution in [0, 0.1) is 0 Å². The van der Waals surface area contributed by atoms with Gasteiger partial charge in [0, 0.05) is 12.6 Å². The summed E-state index contributed by atoms with van der Waals surface area (Å²) in [4.78, 5) is 23.4. The normalized spacial score (nSPS) is 12.1. The number of ether oxygens (including phenoxy) is 1. The lowest BCUT2D eigenvalue weighted by molar-refractivity contribution is -0.150. The lowest BCUT2D eigenvalue weighted by atomic mass is 10.2. The van der Waals surface area contributed by atoms with Crippen LogP contribution in [0.3, 0.4) is 0 Å². The minimum Gasteiger partial charge on any atom is -0.449 e. The number of hydrogen-bond acceptors (Lipinski definition) is 5. The number of nitrogens with one attached hydrogen (secondary N) is 1. The second kappa shape index (κ2) is 9.36. The van der Waals surface area contributed by atoms with E-state index < -0.39 is 12.1 Å². The minimum absolute atomic E-state index is 0.308. The lowest BCUT2D eigenvalue weighted by Gasteiger charge is -2.11. The van der Waals surface area contributed by atoms with Crippen molar-refractivity contribution < 1.29 is 14.3 Å². The van der Waals surface area contributed by atoms with Gasteiger partial charge in [-0.1, -0.05) is 42.5 Å². The maximum absolute atomic E-state index is 11.8. The van der Waals surface area contributed by atoms with E-state index in [0.29, 0.717) is 18.8 Å². The Morgan fingerprint density at radius 2 is 2.08 bits per heavy atom. The van der Waals surface area contributed by atoms with Gasteiger partial charge in [-0.25, -0.2) is 9.48 Å². The molecule has 0 fully saturated rings. The van der Waals surface area contributed by atoms with Crippen LogP contribution in [0.4, 0.5) is 0 Å². The van der Waals surface area contributed by atoms with Crippen molar-refractivity contribution in [3.8, 4) is 0 Å². The zero-order valence-corrected chi connectivity index (χ0v) is 14.4. The van der Waals surface area contributed by atoms with Crippen LogP contribution in [0.2, 0.25) is 0 Å². The molecule has 0 saturated heterocycles. The molecule has 0 spiro atoms. The molecule has 2 aromatic rings. The number of aromatic nitrogens is 3. The number of amides is 1. The number of esters is 1. The third-order valence-corrected chi connectivity index (χ3v) is 3.35. The number of carbonyl (C=O) groups is 2. The van der Waals surface area contributed by atoms with Gasteiger partial charge in [-0.3, -0.25) is 4.79 Å². The molecule has 2 rings (SSSR count). The first-order valence-electron chi connectivity index (χ1n) is 8.19. The van der Waals surface area contributed by atoms with Crippen molar-refractivity contribution >= 4 is 18.0 Å². The van der Waals surface area contributed by atoms with Crippen LogP contribution in [0.1, 0.15) is 31.5 Å². The van der Waals surface area contributed by atoms with E-state index in [1.54, 1.807) is 10.9 Å². The van der Waals surface area contributed by atoms with Gasteiger partial charge in [0.15, 0.2) is 6.10 Å². The van der Waals surface area contributed by atoms with Crippen molar-refractivity contribution in [2.24, 2.45) is 0 Å². The maximum atomic E-state index is 11.8. The summed E-state index contributed by atoms with van der Waals surface area (Å²) in [7, 11) is 0. The van der Waals surface area contributed by atoms with E-state index in [1.807, 2.05) is 37.3 Å². The summed E-state index contributed by atoms with van der Waals surface area (Å²) in [6, 6.07) is 9.87. The number of benzene rings is 1. The van der Waals surface area contributed by atoms with Crippen LogP contribution in [-0.2, 0) is 20.9 Å². The highest BCUT2D eigenvalue weighted by molar-refractivity contribution is 5.90. The Kier molecular flexibility index (Phi) is 6.88. The van der Waals surface area contributed by atoms with Crippen molar-refractivity contribution in [2.75, 3.05) is 6.54 Å². The van der Waals surface area contributed by atoms with Gasteiger partial charge in [-0.15, -0.1) is 5.10 Å². The molecule has 0 unspecified atom stereocenters. The molecule has 1 aromatic carbocycles. The van der Waals surface area contributed by atoms with E-state index in [1.165, 1.54) is 19.1 Å². The van der Waals surface area contributed by atoms with E-state index in [9.17, 15) is 9.59 Å². The highest BCUT2D eigenvalue weighted by Crippen LogP contribution is 2.04. The molecule has 1 N–H and O–H groups in total. The van der Waals surface area contributed by atoms with Gasteiger partial charge in [0.05, 0.1) is 12.7 Å². The summed E-state index contributed by atoms with van der Waals surface area (Å²) < 4.78 is 6.72. The fourth-order valence-corrected chi connectivity index (χ4v) is 2.05.